The van der Waals surface area contributed by atoms with Gasteiger partial charge in [0.2, 0.25) is 5.91 Å². The third-order valence-electron chi connectivity index (χ3n) is 5.40. The van der Waals surface area contributed by atoms with Crippen LogP contribution in [0.15, 0.2) is 0 Å². The van der Waals surface area contributed by atoms with Gasteiger partial charge >= 0.3 is 0 Å². The van der Waals surface area contributed by atoms with Crippen LogP contribution < -0.4 is 0 Å². The zero-order valence-electron chi connectivity index (χ0n) is 13.2. The highest BCUT2D eigenvalue weighted by atomic mass is 16.3. The van der Waals surface area contributed by atoms with Crippen LogP contribution in [0.4, 0.5) is 0 Å². The average Bonchev–Trinajstić information content (AvgIpc) is 2.63. The lowest BCUT2D eigenvalue weighted by Crippen LogP contribution is -2.40. The number of hydrogen-bond acceptors (Lipinski definition) is 2. The van der Waals surface area contributed by atoms with Gasteiger partial charge in [0.15, 0.2) is 0 Å². The SMILES string of the molecule is CC(C)C1CCC(=O)N(CC(O)C2CCCCC2)CC1. The van der Waals surface area contributed by atoms with E-state index in [0.717, 1.165) is 32.2 Å². The number of amides is 1. The highest BCUT2D eigenvalue weighted by Gasteiger charge is 2.28. The largest absolute Gasteiger partial charge is 0.391 e. The summed E-state index contributed by atoms with van der Waals surface area (Å²) in [5, 5.41) is 10.4. The lowest BCUT2D eigenvalue weighted by Gasteiger charge is -2.31. The molecule has 0 aromatic rings. The average molecular weight is 281 g/mol. The molecule has 2 unspecified atom stereocenters. The molecule has 1 heterocycles. The summed E-state index contributed by atoms with van der Waals surface area (Å²) in [4.78, 5) is 14.1. The van der Waals surface area contributed by atoms with Crippen LogP contribution in [0.2, 0.25) is 0 Å². The summed E-state index contributed by atoms with van der Waals surface area (Å²) in [6.45, 7) is 5.91. The number of hydrogen-bond donors (Lipinski definition) is 1. The minimum absolute atomic E-state index is 0.253. The van der Waals surface area contributed by atoms with Crippen molar-refractivity contribution in [1.29, 1.82) is 0 Å². The van der Waals surface area contributed by atoms with E-state index >= 15 is 0 Å². The molecule has 2 fully saturated rings. The Labute approximate surface area is 123 Å². The highest BCUT2D eigenvalue weighted by Crippen LogP contribution is 2.29. The van der Waals surface area contributed by atoms with Crippen molar-refractivity contribution < 1.29 is 9.90 Å². The number of aliphatic hydroxyl groups is 1. The first kappa shape index (κ1) is 15.8. The Morgan fingerprint density at radius 1 is 1.10 bits per heavy atom. The van der Waals surface area contributed by atoms with Gasteiger partial charge in [-0.05, 0) is 43.4 Å². The molecular weight excluding hydrogens is 250 g/mol. The van der Waals surface area contributed by atoms with Gasteiger partial charge in [-0.2, -0.15) is 0 Å². The van der Waals surface area contributed by atoms with Gasteiger partial charge in [-0.25, -0.2) is 0 Å². The molecule has 0 spiro atoms. The Hall–Kier alpha value is -0.570. The van der Waals surface area contributed by atoms with Crippen LogP contribution in [0.25, 0.3) is 0 Å². The number of aliphatic hydroxyl groups excluding tert-OH is 1. The zero-order chi connectivity index (χ0) is 14.5. The van der Waals surface area contributed by atoms with Gasteiger partial charge in [0.25, 0.3) is 0 Å². The molecule has 0 aromatic carbocycles. The van der Waals surface area contributed by atoms with Gasteiger partial charge in [0, 0.05) is 19.5 Å². The summed E-state index contributed by atoms with van der Waals surface area (Å²) < 4.78 is 0. The highest BCUT2D eigenvalue weighted by molar-refractivity contribution is 5.76. The first-order chi connectivity index (χ1) is 9.58. The summed E-state index contributed by atoms with van der Waals surface area (Å²) in [6, 6.07) is 0. The molecular formula is C17H31NO2. The number of nitrogens with zero attached hydrogens (tertiary/aromatic N) is 1. The minimum atomic E-state index is -0.310. The van der Waals surface area contributed by atoms with Crippen molar-refractivity contribution in [2.24, 2.45) is 17.8 Å². The van der Waals surface area contributed by atoms with Crippen molar-refractivity contribution in [2.45, 2.75) is 71.3 Å². The Bertz CT molecular complexity index is 310. The van der Waals surface area contributed by atoms with Crippen molar-refractivity contribution >= 4 is 5.91 Å². The summed E-state index contributed by atoms with van der Waals surface area (Å²) in [5.41, 5.74) is 0. The molecule has 1 saturated heterocycles. The van der Waals surface area contributed by atoms with Crippen LogP contribution in [0.3, 0.4) is 0 Å². The smallest absolute Gasteiger partial charge is 0.222 e. The summed E-state index contributed by atoms with van der Waals surface area (Å²) in [6.07, 6.45) is 8.54. The predicted octanol–water partition coefficient (Wildman–Crippen LogP) is 3.21. The van der Waals surface area contributed by atoms with E-state index in [1.807, 2.05) is 4.90 Å². The Balaban J connectivity index is 1.85. The molecule has 0 bridgehead atoms. The third kappa shape index (κ3) is 4.21. The second-order valence-corrected chi connectivity index (χ2v) is 7.14. The number of carbonyl (C=O) groups excluding carboxylic acids is 1. The van der Waals surface area contributed by atoms with Gasteiger partial charge in [0.1, 0.15) is 0 Å². The van der Waals surface area contributed by atoms with E-state index in [2.05, 4.69) is 13.8 Å². The van der Waals surface area contributed by atoms with Gasteiger partial charge in [-0.3, -0.25) is 4.79 Å². The summed E-state index contributed by atoms with van der Waals surface area (Å²) in [7, 11) is 0. The molecule has 3 nitrogen and oxygen atoms in total. The Kier molecular flexibility index (Phi) is 5.88. The maximum absolute atomic E-state index is 12.2. The van der Waals surface area contributed by atoms with Gasteiger partial charge < -0.3 is 10.0 Å². The van der Waals surface area contributed by atoms with Crippen LogP contribution in [0.5, 0.6) is 0 Å². The molecule has 116 valence electrons. The van der Waals surface area contributed by atoms with Crippen molar-refractivity contribution in [3.05, 3.63) is 0 Å². The first-order valence-corrected chi connectivity index (χ1v) is 8.53. The van der Waals surface area contributed by atoms with E-state index in [1.54, 1.807) is 0 Å². The molecule has 1 N–H and O–H groups in total. The number of β-amino-alcohol motifs (C(OH)–C–C–N with tert-alkyl or cyclic N) is 1. The van der Waals surface area contributed by atoms with Crippen LogP contribution in [-0.4, -0.2) is 35.1 Å². The third-order valence-corrected chi connectivity index (χ3v) is 5.40. The normalized spacial score (nSPS) is 27.7. The van der Waals surface area contributed by atoms with Crippen molar-refractivity contribution in [2.75, 3.05) is 13.1 Å². The standard InChI is InChI=1S/C17H31NO2/c1-13(2)14-8-9-17(20)18(11-10-14)12-16(19)15-6-4-3-5-7-15/h13-16,19H,3-12H2,1-2H3. The van der Waals surface area contributed by atoms with Gasteiger partial charge in [0.05, 0.1) is 6.10 Å². The minimum Gasteiger partial charge on any atom is -0.391 e. The fraction of sp³-hybridized carbons (Fsp3) is 0.941. The molecule has 1 aliphatic heterocycles. The number of rotatable bonds is 4. The fourth-order valence-electron chi connectivity index (χ4n) is 3.81. The van der Waals surface area contributed by atoms with Crippen molar-refractivity contribution in [3.8, 4) is 0 Å². The van der Waals surface area contributed by atoms with E-state index in [9.17, 15) is 9.90 Å². The molecule has 2 rings (SSSR count). The molecule has 1 saturated carbocycles. The second-order valence-electron chi connectivity index (χ2n) is 7.14. The van der Waals surface area contributed by atoms with Crippen molar-refractivity contribution in [3.63, 3.8) is 0 Å². The molecule has 1 amide bonds. The van der Waals surface area contributed by atoms with E-state index in [1.165, 1.54) is 19.3 Å². The molecule has 0 aromatic heterocycles. The lowest BCUT2D eigenvalue weighted by atomic mass is 9.85. The summed E-state index contributed by atoms with van der Waals surface area (Å²) in [5.74, 6) is 1.99. The van der Waals surface area contributed by atoms with Crippen LogP contribution in [0.1, 0.15) is 65.2 Å². The zero-order valence-corrected chi connectivity index (χ0v) is 13.2. The fourth-order valence-corrected chi connectivity index (χ4v) is 3.81. The van der Waals surface area contributed by atoms with E-state index < -0.39 is 0 Å². The van der Waals surface area contributed by atoms with E-state index in [-0.39, 0.29) is 12.0 Å². The number of carbonyl (C=O) groups is 1. The molecule has 0 radical (unpaired) electrons. The van der Waals surface area contributed by atoms with Crippen LogP contribution >= 0.6 is 0 Å². The molecule has 20 heavy (non-hydrogen) atoms. The van der Waals surface area contributed by atoms with Gasteiger partial charge in [-0.15, -0.1) is 0 Å². The maximum Gasteiger partial charge on any atom is 0.222 e. The van der Waals surface area contributed by atoms with Crippen molar-refractivity contribution in [1.82, 2.24) is 4.90 Å². The molecule has 1 aliphatic carbocycles. The second kappa shape index (κ2) is 7.44. The van der Waals surface area contributed by atoms with Gasteiger partial charge in [-0.1, -0.05) is 33.1 Å². The predicted molar refractivity (Wildman–Crippen MR) is 81.3 cm³/mol. The molecule has 3 heteroatoms. The van der Waals surface area contributed by atoms with E-state index in [0.29, 0.717) is 30.7 Å². The monoisotopic (exact) mass is 281 g/mol. The molecule has 2 atom stereocenters. The Morgan fingerprint density at radius 2 is 1.80 bits per heavy atom. The Morgan fingerprint density at radius 3 is 2.45 bits per heavy atom. The topological polar surface area (TPSA) is 40.5 Å². The quantitative estimate of drug-likeness (QED) is 0.859. The van der Waals surface area contributed by atoms with E-state index in [4.69, 9.17) is 0 Å². The first-order valence-electron chi connectivity index (χ1n) is 8.53. The molecule has 2 aliphatic rings. The van der Waals surface area contributed by atoms with Crippen LogP contribution in [-0.2, 0) is 4.79 Å². The summed E-state index contributed by atoms with van der Waals surface area (Å²) >= 11 is 0. The lowest BCUT2D eigenvalue weighted by molar-refractivity contribution is -0.132. The number of likely N-dealkylation sites (tertiary alicyclic amines) is 1. The maximum atomic E-state index is 12.2. The van der Waals surface area contributed by atoms with Crippen LogP contribution in [0, 0.1) is 17.8 Å².